The predicted molar refractivity (Wildman–Crippen MR) is 105 cm³/mol. The third-order valence-electron chi connectivity index (χ3n) is 4.04. The summed E-state index contributed by atoms with van der Waals surface area (Å²) in [5, 5.41) is 12.9. The second-order valence-corrected chi connectivity index (χ2v) is 7.02. The number of amides is 1. The highest BCUT2D eigenvalue weighted by molar-refractivity contribution is 8.00. The van der Waals surface area contributed by atoms with Gasteiger partial charge < -0.3 is 14.8 Å². The molecule has 0 saturated heterocycles. The number of nitrogens with one attached hydrogen (secondary N) is 1. The molecule has 1 atom stereocenters. The number of pyridine rings is 1. The van der Waals surface area contributed by atoms with Crippen LogP contribution in [0.2, 0.25) is 0 Å². The minimum atomic E-state index is -0.259. The van der Waals surface area contributed by atoms with Gasteiger partial charge in [0.05, 0.1) is 31.6 Å². The van der Waals surface area contributed by atoms with Crippen molar-refractivity contribution >= 4 is 17.7 Å². The number of nitrogens with zero attached hydrogens (tertiary/aromatic N) is 2. The molecule has 6 nitrogen and oxygen atoms in total. The van der Waals surface area contributed by atoms with Crippen molar-refractivity contribution in [1.82, 2.24) is 10.3 Å². The molecule has 0 aliphatic heterocycles. The SMILES string of the molecule is COc1ccc(OC)c(C(C)NC(=O)CSc2nc(C)cc(C)c2C#N)c1. The highest BCUT2D eigenvalue weighted by Gasteiger charge is 2.17. The largest absolute Gasteiger partial charge is 0.497 e. The van der Waals surface area contributed by atoms with Gasteiger partial charge in [0.15, 0.2) is 0 Å². The number of carbonyl (C=O) groups excluding carboxylic acids is 1. The third kappa shape index (κ3) is 5.14. The van der Waals surface area contributed by atoms with Gasteiger partial charge in [0.25, 0.3) is 0 Å². The van der Waals surface area contributed by atoms with Crippen molar-refractivity contribution in [2.45, 2.75) is 31.8 Å². The van der Waals surface area contributed by atoms with E-state index >= 15 is 0 Å². The van der Waals surface area contributed by atoms with Crippen LogP contribution in [0.5, 0.6) is 11.5 Å². The summed E-state index contributed by atoms with van der Waals surface area (Å²) in [5.41, 5.74) is 3.03. The molecule has 0 radical (unpaired) electrons. The van der Waals surface area contributed by atoms with Crippen LogP contribution in [-0.4, -0.2) is 30.9 Å². The lowest BCUT2D eigenvalue weighted by atomic mass is 10.1. The molecule has 0 bridgehead atoms. The second-order valence-electron chi connectivity index (χ2n) is 6.06. The van der Waals surface area contributed by atoms with Gasteiger partial charge in [-0.25, -0.2) is 4.98 Å². The molecule has 2 aromatic rings. The number of thioether (sulfide) groups is 1. The Kier molecular flexibility index (Phi) is 7.08. The number of aromatic nitrogens is 1. The Morgan fingerprint density at radius 3 is 2.67 bits per heavy atom. The van der Waals surface area contributed by atoms with E-state index in [4.69, 9.17) is 9.47 Å². The maximum atomic E-state index is 12.4. The summed E-state index contributed by atoms with van der Waals surface area (Å²) in [6.07, 6.45) is 0. The zero-order valence-corrected chi connectivity index (χ0v) is 16.9. The van der Waals surface area contributed by atoms with Crippen molar-refractivity contribution in [2.24, 2.45) is 0 Å². The van der Waals surface area contributed by atoms with Gasteiger partial charge in [0.2, 0.25) is 5.91 Å². The van der Waals surface area contributed by atoms with Crippen LogP contribution in [0.25, 0.3) is 0 Å². The monoisotopic (exact) mass is 385 g/mol. The number of benzene rings is 1. The van der Waals surface area contributed by atoms with Crippen molar-refractivity contribution in [3.63, 3.8) is 0 Å². The highest BCUT2D eigenvalue weighted by atomic mass is 32.2. The molecule has 1 heterocycles. The van der Waals surface area contributed by atoms with Crippen LogP contribution in [0.1, 0.15) is 35.3 Å². The fourth-order valence-corrected chi connectivity index (χ4v) is 3.63. The maximum absolute atomic E-state index is 12.4. The third-order valence-corrected chi connectivity index (χ3v) is 5.02. The molecule has 0 aliphatic carbocycles. The smallest absolute Gasteiger partial charge is 0.230 e. The Labute approximate surface area is 163 Å². The molecule has 2 rings (SSSR count). The van der Waals surface area contributed by atoms with Crippen LogP contribution in [0.4, 0.5) is 0 Å². The van der Waals surface area contributed by atoms with Crippen LogP contribution < -0.4 is 14.8 Å². The number of methoxy groups -OCH3 is 2. The Balaban J connectivity index is 2.08. The van der Waals surface area contributed by atoms with Crippen molar-refractivity contribution in [3.05, 3.63) is 46.6 Å². The van der Waals surface area contributed by atoms with Gasteiger partial charge in [-0.1, -0.05) is 11.8 Å². The molecule has 1 aromatic carbocycles. The fraction of sp³-hybridized carbons (Fsp3) is 0.350. The van der Waals surface area contributed by atoms with Crippen LogP contribution >= 0.6 is 11.8 Å². The van der Waals surface area contributed by atoms with Gasteiger partial charge in [0, 0.05) is 11.3 Å². The fourth-order valence-electron chi connectivity index (χ4n) is 2.72. The Bertz CT molecular complexity index is 878. The first-order chi connectivity index (χ1) is 12.9. The van der Waals surface area contributed by atoms with Crippen LogP contribution in [0.3, 0.4) is 0 Å². The van der Waals surface area contributed by atoms with Crippen LogP contribution in [-0.2, 0) is 4.79 Å². The van der Waals surface area contributed by atoms with Gasteiger partial charge in [-0.2, -0.15) is 5.26 Å². The second kappa shape index (κ2) is 9.28. The lowest BCUT2D eigenvalue weighted by molar-refractivity contribution is -0.119. The molecule has 27 heavy (non-hydrogen) atoms. The van der Waals surface area contributed by atoms with E-state index in [1.165, 1.54) is 11.8 Å². The first-order valence-corrected chi connectivity index (χ1v) is 9.40. The number of ether oxygens (including phenoxy) is 2. The molecule has 0 fully saturated rings. The maximum Gasteiger partial charge on any atom is 0.230 e. The van der Waals surface area contributed by atoms with Crippen LogP contribution in [0, 0.1) is 25.2 Å². The van der Waals surface area contributed by atoms with Crippen LogP contribution in [0.15, 0.2) is 29.3 Å². The van der Waals surface area contributed by atoms with E-state index in [1.807, 2.05) is 45.0 Å². The number of aryl methyl sites for hydroxylation is 2. The number of rotatable bonds is 7. The molecule has 0 aliphatic rings. The Hall–Kier alpha value is -2.72. The molecule has 1 aromatic heterocycles. The summed E-state index contributed by atoms with van der Waals surface area (Å²) >= 11 is 1.26. The number of nitriles is 1. The van der Waals surface area contributed by atoms with Gasteiger partial charge in [-0.05, 0) is 50.6 Å². The van der Waals surface area contributed by atoms with E-state index in [9.17, 15) is 10.1 Å². The van der Waals surface area contributed by atoms with E-state index in [1.54, 1.807) is 14.2 Å². The van der Waals surface area contributed by atoms with Gasteiger partial charge in [-0.15, -0.1) is 0 Å². The minimum absolute atomic E-state index is 0.151. The summed E-state index contributed by atoms with van der Waals surface area (Å²) < 4.78 is 10.6. The molecular formula is C20H23N3O3S. The molecule has 0 saturated carbocycles. The molecule has 1 N–H and O–H groups in total. The topological polar surface area (TPSA) is 84.2 Å². The Morgan fingerprint density at radius 2 is 2.04 bits per heavy atom. The van der Waals surface area contributed by atoms with Crippen molar-refractivity contribution in [3.8, 4) is 17.6 Å². The first-order valence-electron chi connectivity index (χ1n) is 8.42. The van der Waals surface area contributed by atoms with E-state index < -0.39 is 0 Å². The summed E-state index contributed by atoms with van der Waals surface area (Å²) in [4.78, 5) is 16.8. The molecule has 0 spiro atoms. The normalized spacial score (nSPS) is 11.4. The molecule has 1 amide bonds. The van der Waals surface area contributed by atoms with Crippen molar-refractivity contribution in [1.29, 1.82) is 5.26 Å². The summed E-state index contributed by atoms with van der Waals surface area (Å²) in [6, 6.07) is 9.23. The number of hydrogen-bond acceptors (Lipinski definition) is 6. The quantitative estimate of drug-likeness (QED) is 0.734. The zero-order valence-electron chi connectivity index (χ0n) is 16.1. The zero-order chi connectivity index (χ0) is 20.0. The average Bonchev–Trinajstić information content (AvgIpc) is 2.65. The van der Waals surface area contributed by atoms with E-state index in [2.05, 4.69) is 16.4 Å². The summed E-state index contributed by atoms with van der Waals surface area (Å²) in [6.45, 7) is 5.62. The van der Waals surface area contributed by atoms with Crippen molar-refractivity contribution in [2.75, 3.05) is 20.0 Å². The minimum Gasteiger partial charge on any atom is -0.497 e. The van der Waals surface area contributed by atoms with Gasteiger partial charge in [0.1, 0.15) is 22.6 Å². The predicted octanol–water partition coefficient (Wildman–Crippen LogP) is 3.56. The molecular weight excluding hydrogens is 362 g/mol. The Morgan fingerprint density at radius 1 is 1.30 bits per heavy atom. The van der Waals surface area contributed by atoms with Gasteiger partial charge in [-0.3, -0.25) is 4.79 Å². The summed E-state index contributed by atoms with van der Waals surface area (Å²) in [7, 11) is 3.18. The molecule has 142 valence electrons. The molecule has 1 unspecified atom stereocenters. The van der Waals surface area contributed by atoms with Gasteiger partial charge >= 0.3 is 0 Å². The first kappa shape index (κ1) is 20.6. The molecule has 7 heteroatoms. The summed E-state index contributed by atoms with van der Waals surface area (Å²) in [5.74, 6) is 1.39. The van der Waals surface area contributed by atoms with E-state index in [-0.39, 0.29) is 17.7 Å². The highest BCUT2D eigenvalue weighted by Crippen LogP contribution is 2.29. The van der Waals surface area contributed by atoms with E-state index in [0.29, 0.717) is 22.1 Å². The number of carbonyl (C=O) groups is 1. The average molecular weight is 385 g/mol. The van der Waals surface area contributed by atoms with Crippen molar-refractivity contribution < 1.29 is 14.3 Å². The lowest BCUT2D eigenvalue weighted by Crippen LogP contribution is -2.28. The van der Waals surface area contributed by atoms with E-state index in [0.717, 1.165) is 16.8 Å². The lowest BCUT2D eigenvalue weighted by Gasteiger charge is -2.18. The standard InChI is InChI=1S/C20H23N3O3S/c1-12-8-13(2)22-20(17(12)10-21)27-11-19(24)23-14(3)16-9-15(25-4)6-7-18(16)26-5/h6-9,14H,11H2,1-5H3,(H,23,24). The number of hydrogen-bond donors (Lipinski definition) is 1.